The fourth-order valence-corrected chi connectivity index (χ4v) is 2.96. The van der Waals surface area contributed by atoms with Crippen LogP contribution in [0.3, 0.4) is 0 Å². The van der Waals surface area contributed by atoms with Crippen LogP contribution >= 0.6 is 36.2 Å². The Morgan fingerprint density at radius 2 is 2.26 bits per heavy atom. The fraction of sp³-hybridized carbons (Fsp3) is 0.667. The number of carbonyl (C=O) groups excluding carboxylic acids is 1. The van der Waals surface area contributed by atoms with Gasteiger partial charge in [-0.15, -0.1) is 36.2 Å². The van der Waals surface area contributed by atoms with E-state index in [0.29, 0.717) is 18.2 Å². The summed E-state index contributed by atoms with van der Waals surface area (Å²) in [5.41, 5.74) is 6.26. The second-order valence-electron chi connectivity index (χ2n) is 4.76. The van der Waals surface area contributed by atoms with E-state index in [1.165, 1.54) is 0 Å². The largest absolute Gasteiger partial charge is 0.333 e. The first kappa shape index (κ1) is 18.6. The minimum atomic E-state index is 0. The Morgan fingerprint density at radius 3 is 2.79 bits per heavy atom. The molecule has 2 N–H and O–H groups in total. The normalized spacial score (nSPS) is 18.1. The van der Waals surface area contributed by atoms with Crippen molar-refractivity contribution in [2.24, 2.45) is 5.73 Å². The zero-order valence-corrected chi connectivity index (χ0v) is 13.6. The van der Waals surface area contributed by atoms with Crippen molar-refractivity contribution in [1.82, 2.24) is 9.88 Å². The molecular formula is C12H21Cl2N3OS. The molecule has 1 amide bonds. The number of amides is 1. The van der Waals surface area contributed by atoms with E-state index in [0.717, 1.165) is 24.4 Å². The number of rotatable bonds is 3. The van der Waals surface area contributed by atoms with Crippen molar-refractivity contribution in [1.29, 1.82) is 0 Å². The molecule has 1 aliphatic heterocycles. The van der Waals surface area contributed by atoms with Crippen LogP contribution in [-0.4, -0.2) is 34.9 Å². The minimum absolute atomic E-state index is 0. The van der Waals surface area contributed by atoms with Crippen LogP contribution in [0.25, 0.3) is 0 Å². The highest BCUT2D eigenvalue weighted by atomic mass is 35.5. The predicted octanol–water partition coefficient (Wildman–Crippen LogP) is 2.67. The third-order valence-corrected chi connectivity index (χ3v) is 4.29. The van der Waals surface area contributed by atoms with Gasteiger partial charge in [0.2, 0.25) is 0 Å². The number of hydrogen-bond acceptors (Lipinski definition) is 4. The minimum Gasteiger partial charge on any atom is -0.333 e. The number of nitrogens with zero attached hydrogens (tertiary/aromatic N) is 2. The number of aromatic nitrogens is 1. The quantitative estimate of drug-likeness (QED) is 0.929. The molecule has 1 aromatic heterocycles. The van der Waals surface area contributed by atoms with E-state index in [-0.39, 0.29) is 36.8 Å². The van der Waals surface area contributed by atoms with Gasteiger partial charge >= 0.3 is 0 Å². The lowest BCUT2D eigenvalue weighted by atomic mass is 10.2. The first-order chi connectivity index (χ1) is 8.13. The molecule has 7 heteroatoms. The van der Waals surface area contributed by atoms with Gasteiger partial charge in [-0.25, -0.2) is 4.98 Å². The van der Waals surface area contributed by atoms with Crippen LogP contribution in [0.5, 0.6) is 0 Å². The number of hydrogen-bond donors (Lipinski definition) is 1. The van der Waals surface area contributed by atoms with Gasteiger partial charge in [-0.1, -0.05) is 13.8 Å². The maximum atomic E-state index is 12.3. The first-order valence-electron chi connectivity index (χ1n) is 6.10. The lowest BCUT2D eigenvalue weighted by Crippen LogP contribution is -2.40. The molecule has 0 aliphatic carbocycles. The second kappa shape index (κ2) is 8.04. The Kier molecular flexibility index (Phi) is 7.89. The molecular weight excluding hydrogens is 305 g/mol. The Labute approximate surface area is 130 Å². The molecule has 0 spiro atoms. The molecule has 0 saturated carbocycles. The molecule has 1 saturated heterocycles. The van der Waals surface area contributed by atoms with Crippen molar-refractivity contribution >= 4 is 42.1 Å². The number of halogens is 2. The molecule has 1 unspecified atom stereocenters. The van der Waals surface area contributed by atoms with Crippen molar-refractivity contribution < 1.29 is 4.79 Å². The molecule has 110 valence electrons. The van der Waals surface area contributed by atoms with Crippen molar-refractivity contribution in [3.63, 3.8) is 0 Å². The molecule has 4 nitrogen and oxygen atoms in total. The standard InChI is InChI=1S/C12H19N3OS.2ClH/c1-8(2)11-14-10(7-17-11)12(16)15-5-3-4-9(15)6-13;;/h7-9H,3-6,13H2,1-2H3;2*1H. The molecule has 19 heavy (non-hydrogen) atoms. The van der Waals surface area contributed by atoms with Gasteiger partial charge < -0.3 is 10.6 Å². The van der Waals surface area contributed by atoms with E-state index in [1.54, 1.807) is 11.3 Å². The van der Waals surface area contributed by atoms with Gasteiger partial charge in [0.15, 0.2) is 0 Å². The van der Waals surface area contributed by atoms with Gasteiger partial charge in [0.1, 0.15) is 5.69 Å². The van der Waals surface area contributed by atoms with Crippen LogP contribution < -0.4 is 5.73 Å². The third kappa shape index (κ3) is 4.05. The van der Waals surface area contributed by atoms with Gasteiger partial charge in [-0.3, -0.25) is 4.79 Å². The van der Waals surface area contributed by atoms with Gasteiger partial charge in [-0.05, 0) is 12.8 Å². The van der Waals surface area contributed by atoms with Crippen molar-refractivity contribution in [2.45, 2.75) is 38.6 Å². The van der Waals surface area contributed by atoms with Crippen LogP contribution in [-0.2, 0) is 0 Å². The van der Waals surface area contributed by atoms with Gasteiger partial charge in [-0.2, -0.15) is 0 Å². The number of carbonyl (C=O) groups is 1. The monoisotopic (exact) mass is 325 g/mol. The van der Waals surface area contributed by atoms with E-state index in [1.807, 2.05) is 10.3 Å². The Balaban J connectivity index is 0.00000162. The summed E-state index contributed by atoms with van der Waals surface area (Å²) in [4.78, 5) is 18.6. The van der Waals surface area contributed by atoms with Crippen LogP contribution in [0, 0.1) is 0 Å². The van der Waals surface area contributed by atoms with Crippen molar-refractivity contribution in [2.75, 3.05) is 13.1 Å². The predicted molar refractivity (Wildman–Crippen MR) is 83.8 cm³/mol. The zero-order valence-electron chi connectivity index (χ0n) is 11.2. The average molecular weight is 326 g/mol. The summed E-state index contributed by atoms with van der Waals surface area (Å²) in [6, 6.07) is 0.201. The lowest BCUT2D eigenvalue weighted by molar-refractivity contribution is 0.0736. The Bertz CT molecular complexity index is 411. The van der Waals surface area contributed by atoms with Crippen LogP contribution in [0.1, 0.15) is 48.1 Å². The van der Waals surface area contributed by atoms with E-state index in [4.69, 9.17) is 5.73 Å². The lowest BCUT2D eigenvalue weighted by Gasteiger charge is -2.22. The van der Waals surface area contributed by atoms with Gasteiger partial charge in [0.25, 0.3) is 5.91 Å². The smallest absolute Gasteiger partial charge is 0.273 e. The fourth-order valence-electron chi connectivity index (χ4n) is 2.15. The van der Waals surface area contributed by atoms with Crippen LogP contribution in [0.2, 0.25) is 0 Å². The summed E-state index contributed by atoms with van der Waals surface area (Å²) < 4.78 is 0. The highest BCUT2D eigenvalue weighted by Gasteiger charge is 2.29. The molecule has 1 aromatic rings. The molecule has 1 atom stereocenters. The molecule has 0 aromatic carbocycles. The van der Waals surface area contributed by atoms with Crippen LogP contribution in [0.4, 0.5) is 0 Å². The van der Waals surface area contributed by atoms with Crippen LogP contribution in [0.15, 0.2) is 5.38 Å². The number of nitrogens with two attached hydrogens (primary N) is 1. The van der Waals surface area contributed by atoms with Gasteiger partial charge in [0, 0.05) is 30.4 Å². The third-order valence-electron chi connectivity index (χ3n) is 3.15. The number of likely N-dealkylation sites (tertiary alicyclic amines) is 1. The molecule has 1 aliphatic rings. The summed E-state index contributed by atoms with van der Waals surface area (Å²) in [6.07, 6.45) is 2.07. The second-order valence-corrected chi connectivity index (χ2v) is 5.65. The topological polar surface area (TPSA) is 59.2 Å². The number of thiazole rings is 1. The molecule has 2 rings (SSSR count). The summed E-state index contributed by atoms with van der Waals surface area (Å²) in [5, 5.41) is 2.89. The molecule has 0 bridgehead atoms. The van der Waals surface area contributed by atoms with E-state index < -0.39 is 0 Å². The highest BCUT2D eigenvalue weighted by molar-refractivity contribution is 7.09. The van der Waals surface area contributed by atoms with E-state index in [9.17, 15) is 4.79 Å². The first-order valence-corrected chi connectivity index (χ1v) is 6.98. The highest BCUT2D eigenvalue weighted by Crippen LogP contribution is 2.23. The molecule has 2 heterocycles. The molecule has 1 fully saturated rings. The summed E-state index contributed by atoms with van der Waals surface area (Å²) in [6.45, 7) is 5.54. The van der Waals surface area contributed by atoms with E-state index >= 15 is 0 Å². The zero-order chi connectivity index (χ0) is 12.4. The van der Waals surface area contributed by atoms with Crippen molar-refractivity contribution in [3.8, 4) is 0 Å². The molecule has 0 radical (unpaired) electrons. The summed E-state index contributed by atoms with van der Waals surface area (Å²) >= 11 is 1.56. The maximum absolute atomic E-state index is 12.3. The SMILES string of the molecule is CC(C)c1nc(C(=O)N2CCCC2CN)cs1.Cl.Cl. The maximum Gasteiger partial charge on any atom is 0.273 e. The average Bonchev–Trinajstić information content (AvgIpc) is 2.96. The van der Waals surface area contributed by atoms with Gasteiger partial charge in [0.05, 0.1) is 5.01 Å². The Morgan fingerprint density at radius 1 is 1.58 bits per heavy atom. The Hall–Kier alpha value is -0.360. The summed E-state index contributed by atoms with van der Waals surface area (Å²) in [5.74, 6) is 0.423. The summed E-state index contributed by atoms with van der Waals surface area (Å²) in [7, 11) is 0. The van der Waals surface area contributed by atoms with E-state index in [2.05, 4.69) is 18.8 Å². The van der Waals surface area contributed by atoms with Crippen molar-refractivity contribution in [3.05, 3.63) is 16.1 Å².